The lowest BCUT2D eigenvalue weighted by molar-refractivity contribution is 0.745. The highest BCUT2D eigenvalue weighted by Crippen LogP contribution is 2.25. The van der Waals surface area contributed by atoms with E-state index in [4.69, 9.17) is 11.6 Å². The second kappa shape index (κ2) is 5.69. The van der Waals surface area contributed by atoms with E-state index in [2.05, 4.69) is 29.4 Å². The van der Waals surface area contributed by atoms with Crippen LogP contribution in [0.2, 0.25) is 5.02 Å². The Kier molecular flexibility index (Phi) is 3.99. The molecule has 0 bridgehead atoms. The Morgan fingerprint density at radius 1 is 1.18 bits per heavy atom. The summed E-state index contributed by atoms with van der Waals surface area (Å²) in [5, 5.41) is 4.02. The summed E-state index contributed by atoms with van der Waals surface area (Å²) in [4.78, 5) is 4.25. The van der Waals surface area contributed by atoms with Crippen LogP contribution in [0.3, 0.4) is 0 Å². The topological polar surface area (TPSA) is 24.9 Å². The van der Waals surface area contributed by atoms with Gasteiger partial charge in [0.15, 0.2) is 0 Å². The maximum Gasteiger partial charge on any atom is 0.145 e. The Morgan fingerprint density at radius 2 is 1.94 bits per heavy atom. The zero-order valence-electron chi connectivity index (χ0n) is 9.73. The van der Waals surface area contributed by atoms with E-state index >= 15 is 0 Å². The lowest BCUT2D eigenvalue weighted by Gasteiger charge is -2.18. The van der Waals surface area contributed by atoms with Crippen molar-refractivity contribution in [1.82, 2.24) is 4.98 Å². The molecule has 2 nitrogen and oxygen atoms in total. The van der Waals surface area contributed by atoms with Crippen LogP contribution < -0.4 is 5.32 Å². The van der Waals surface area contributed by atoms with E-state index in [1.807, 2.05) is 30.3 Å². The van der Waals surface area contributed by atoms with Crippen molar-refractivity contribution >= 4 is 17.4 Å². The van der Waals surface area contributed by atoms with E-state index in [-0.39, 0.29) is 6.04 Å². The van der Waals surface area contributed by atoms with E-state index in [0.29, 0.717) is 5.02 Å². The highest BCUT2D eigenvalue weighted by molar-refractivity contribution is 6.32. The number of halogens is 1. The molecule has 0 saturated heterocycles. The minimum absolute atomic E-state index is 0.239. The van der Waals surface area contributed by atoms with Crippen molar-refractivity contribution in [2.75, 3.05) is 5.32 Å². The van der Waals surface area contributed by atoms with Gasteiger partial charge in [0.25, 0.3) is 0 Å². The number of anilines is 1. The molecule has 2 rings (SSSR count). The summed E-state index contributed by atoms with van der Waals surface area (Å²) in [5.41, 5.74) is 1.25. The highest BCUT2D eigenvalue weighted by atomic mass is 35.5. The molecule has 0 aliphatic rings. The van der Waals surface area contributed by atoms with Crippen molar-refractivity contribution in [1.29, 1.82) is 0 Å². The molecule has 1 unspecified atom stereocenters. The number of nitrogens with one attached hydrogen (secondary N) is 1. The van der Waals surface area contributed by atoms with Gasteiger partial charge in [-0.2, -0.15) is 0 Å². The molecule has 0 aliphatic carbocycles. The van der Waals surface area contributed by atoms with Gasteiger partial charge in [0, 0.05) is 6.20 Å². The second-order valence-corrected chi connectivity index (χ2v) is 4.26. The van der Waals surface area contributed by atoms with Gasteiger partial charge in [-0.1, -0.05) is 48.9 Å². The van der Waals surface area contributed by atoms with Gasteiger partial charge in [-0.3, -0.25) is 0 Å². The van der Waals surface area contributed by atoms with Crippen molar-refractivity contribution in [3.05, 3.63) is 59.2 Å². The summed E-state index contributed by atoms with van der Waals surface area (Å²) < 4.78 is 0. The van der Waals surface area contributed by atoms with Crippen molar-refractivity contribution in [2.45, 2.75) is 19.4 Å². The van der Waals surface area contributed by atoms with Crippen molar-refractivity contribution in [3.8, 4) is 0 Å². The fraction of sp³-hybridized carbons (Fsp3) is 0.214. The van der Waals surface area contributed by atoms with Crippen molar-refractivity contribution in [3.63, 3.8) is 0 Å². The normalized spacial score (nSPS) is 12.1. The third kappa shape index (κ3) is 2.98. The van der Waals surface area contributed by atoms with Gasteiger partial charge in [-0.15, -0.1) is 0 Å². The summed E-state index contributed by atoms with van der Waals surface area (Å²) in [5.74, 6) is 0.741. The van der Waals surface area contributed by atoms with E-state index in [1.165, 1.54) is 5.56 Å². The summed E-state index contributed by atoms with van der Waals surface area (Å²) in [6.45, 7) is 2.14. The molecule has 2 aromatic rings. The average Bonchev–Trinajstić information content (AvgIpc) is 2.39. The zero-order chi connectivity index (χ0) is 12.1. The predicted octanol–water partition coefficient (Wildman–Crippen LogP) is 4.30. The lowest BCUT2D eigenvalue weighted by Crippen LogP contribution is -2.10. The van der Waals surface area contributed by atoms with Gasteiger partial charge in [0.05, 0.1) is 11.1 Å². The largest absolute Gasteiger partial charge is 0.362 e. The molecule has 0 amide bonds. The van der Waals surface area contributed by atoms with Crippen LogP contribution in [0.25, 0.3) is 0 Å². The number of benzene rings is 1. The van der Waals surface area contributed by atoms with E-state index < -0.39 is 0 Å². The number of hydrogen-bond acceptors (Lipinski definition) is 2. The first-order valence-electron chi connectivity index (χ1n) is 5.73. The van der Waals surface area contributed by atoms with E-state index in [1.54, 1.807) is 6.20 Å². The second-order valence-electron chi connectivity index (χ2n) is 3.85. The van der Waals surface area contributed by atoms with E-state index in [0.717, 1.165) is 12.2 Å². The van der Waals surface area contributed by atoms with Gasteiger partial charge in [-0.25, -0.2) is 4.98 Å². The van der Waals surface area contributed by atoms with Gasteiger partial charge < -0.3 is 5.32 Å². The molecule has 3 heteroatoms. The Labute approximate surface area is 107 Å². The molecule has 88 valence electrons. The Balaban J connectivity index is 2.19. The molecule has 1 N–H and O–H groups in total. The summed E-state index contributed by atoms with van der Waals surface area (Å²) >= 11 is 6.09. The van der Waals surface area contributed by atoms with Crippen LogP contribution in [0.1, 0.15) is 24.9 Å². The minimum Gasteiger partial charge on any atom is -0.362 e. The predicted molar refractivity (Wildman–Crippen MR) is 72.3 cm³/mol. The maximum atomic E-state index is 6.09. The van der Waals surface area contributed by atoms with Gasteiger partial charge in [0.1, 0.15) is 5.82 Å². The summed E-state index contributed by atoms with van der Waals surface area (Å²) in [7, 11) is 0. The van der Waals surface area contributed by atoms with Crippen molar-refractivity contribution in [2.24, 2.45) is 0 Å². The third-order valence-electron chi connectivity index (χ3n) is 2.68. The van der Waals surface area contributed by atoms with Crippen molar-refractivity contribution < 1.29 is 0 Å². The van der Waals surface area contributed by atoms with Crippen LogP contribution >= 0.6 is 11.6 Å². The SMILES string of the molecule is CCC(Nc1ncccc1Cl)c1ccccc1. The average molecular weight is 247 g/mol. The Morgan fingerprint density at radius 3 is 2.59 bits per heavy atom. The molecule has 1 aromatic heterocycles. The minimum atomic E-state index is 0.239. The molecule has 0 spiro atoms. The lowest BCUT2D eigenvalue weighted by atomic mass is 10.0. The Hall–Kier alpha value is -1.54. The highest BCUT2D eigenvalue weighted by Gasteiger charge is 2.10. The standard InChI is InChI=1S/C14H15ClN2/c1-2-13(11-7-4-3-5-8-11)17-14-12(15)9-6-10-16-14/h3-10,13H,2H2,1H3,(H,16,17). The fourth-order valence-corrected chi connectivity index (χ4v) is 1.94. The Bertz CT molecular complexity index is 471. The third-order valence-corrected chi connectivity index (χ3v) is 2.98. The summed E-state index contributed by atoms with van der Waals surface area (Å²) in [6, 6.07) is 14.2. The van der Waals surface area contributed by atoms with E-state index in [9.17, 15) is 0 Å². The molecular weight excluding hydrogens is 232 g/mol. The number of hydrogen-bond donors (Lipinski definition) is 1. The molecule has 0 aliphatic heterocycles. The molecule has 1 heterocycles. The fourth-order valence-electron chi connectivity index (χ4n) is 1.76. The number of nitrogens with zero attached hydrogens (tertiary/aromatic N) is 1. The first-order valence-corrected chi connectivity index (χ1v) is 6.11. The molecular formula is C14H15ClN2. The van der Waals surface area contributed by atoms with Crippen LogP contribution in [-0.4, -0.2) is 4.98 Å². The number of rotatable bonds is 4. The zero-order valence-corrected chi connectivity index (χ0v) is 10.5. The first-order chi connectivity index (χ1) is 8.31. The van der Waals surface area contributed by atoms with Crippen LogP contribution in [0.15, 0.2) is 48.7 Å². The first kappa shape index (κ1) is 11.9. The maximum absolute atomic E-state index is 6.09. The molecule has 0 saturated carbocycles. The smallest absolute Gasteiger partial charge is 0.145 e. The van der Waals surface area contributed by atoms with Gasteiger partial charge >= 0.3 is 0 Å². The molecule has 0 fully saturated rings. The van der Waals surface area contributed by atoms with Crippen LogP contribution in [-0.2, 0) is 0 Å². The van der Waals surface area contributed by atoms with Gasteiger partial charge in [0.2, 0.25) is 0 Å². The monoisotopic (exact) mass is 246 g/mol. The van der Waals surface area contributed by atoms with Crippen LogP contribution in [0, 0.1) is 0 Å². The number of aromatic nitrogens is 1. The van der Waals surface area contributed by atoms with Crippen LogP contribution in [0.5, 0.6) is 0 Å². The van der Waals surface area contributed by atoms with Crippen LogP contribution in [0.4, 0.5) is 5.82 Å². The molecule has 0 radical (unpaired) electrons. The summed E-state index contributed by atoms with van der Waals surface area (Å²) in [6.07, 6.45) is 2.73. The molecule has 17 heavy (non-hydrogen) atoms. The number of pyridine rings is 1. The molecule has 1 atom stereocenters. The molecule has 1 aromatic carbocycles. The van der Waals surface area contributed by atoms with Gasteiger partial charge in [-0.05, 0) is 24.1 Å². The quantitative estimate of drug-likeness (QED) is 0.870.